The molecule has 0 aromatic carbocycles. The minimum Gasteiger partial charge on any atom is -0.383 e. The summed E-state index contributed by atoms with van der Waals surface area (Å²) >= 11 is 1.10. The molecule has 0 saturated heterocycles. The molecule has 0 fully saturated rings. The fourth-order valence-corrected chi connectivity index (χ4v) is 2.10. The molecule has 0 atom stereocenters. The number of methoxy groups -OCH3 is 1. The van der Waals surface area contributed by atoms with Crippen LogP contribution < -0.4 is 10.6 Å². The number of hydrogen-bond acceptors (Lipinski definition) is 6. The van der Waals surface area contributed by atoms with Crippen LogP contribution >= 0.6 is 11.3 Å². The molecular weight excluding hydrogens is 270 g/mol. The largest absolute Gasteiger partial charge is 0.383 e. The van der Waals surface area contributed by atoms with Crippen molar-refractivity contribution in [1.82, 2.24) is 10.6 Å². The van der Waals surface area contributed by atoms with E-state index in [-0.39, 0.29) is 10.9 Å². The Labute approximate surface area is 115 Å². The standard InChI is InChI=1S/C11H17N3O4S/c1-18-5-4-13-10(15)2-3-12-7-9-6-11(14(16)17)19-8-9/h6,8,12H,2-5,7H2,1H3,(H,13,15). The highest BCUT2D eigenvalue weighted by Crippen LogP contribution is 2.22. The van der Waals surface area contributed by atoms with Gasteiger partial charge >= 0.3 is 5.00 Å². The summed E-state index contributed by atoms with van der Waals surface area (Å²) in [5, 5.41) is 18.1. The molecule has 0 spiro atoms. The number of carbonyl (C=O) groups excluding carboxylic acids is 1. The number of nitro groups is 1. The zero-order valence-corrected chi connectivity index (χ0v) is 11.5. The molecule has 8 heteroatoms. The Morgan fingerprint density at radius 2 is 2.32 bits per heavy atom. The van der Waals surface area contributed by atoms with E-state index < -0.39 is 4.92 Å². The topological polar surface area (TPSA) is 93.5 Å². The molecule has 1 rings (SSSR count). The lowest BCUT2D eigenvalue weighted by molar-refractivity contribution is -0.380. The zero-order chi connectivity index (χ0) is 14.1. The summed E-state index contributed by atoms with van der Waals surface area (Å²) in [6, 6.07) is 1.54. The summed E-state index contributed by atoms with van der Waals surface area (Å²) in [4.78, 5) is 21.4. The number of carbonyl (C=O) groups is 1. The van der Waals surface area contributed by atoms with Gasteiger partial charge in [0.1, 0.15) is 0 Å². The number of ether oxygens (including phenoxy) is 1. The molecule has 1 heterocycles. The van der Waals surface area contributed by atoms with E-state index in [1.54, 1.807) is 12.5 Å². The maximum Gasteiger partial charge on any atom is 0.324 e. The second-order valence-electron chi connectivity index (χ2n) is 3.82. The zero-order valence-electron chi connectivity index (χ0n) is 10.7. The molecule has 1 aromatic heterocycles. The normalized spacial score (nSPS) is 10.4. The van der Waals surface area contributed by atoms with Gasteiger partial charge in [-0.15, -0.1) is 0 Å². The number of rotatable bonds is 9. The van der Waals surface area contributed by atoms with E-state index in [0.29, 0.717) is 32.7 Å². The van der Waals surface area contributed by atoms with Gasteiger partial charge in [-0.2, -0.15) is 0 Å². The summed E-state index contributed by atoms with van der Waals surface area (Å²) in [7, 11) is 1.58. The Hall–Kier alpha value is -1.51. The molecule has 0 unspecified atom stereocenters. The first-order valence-corrected chi connectivity index (χ1v) is 6.69. The highest BCUT2D eigenvalue weighted by molar-refractivity contribution is 7.13. The highest BCUT2D eigenvalue weighted by Gasteiger charge is 2.09. The van der Waals surface area contributed by atoms with Crippen molar-refractivity contribution >= 4 is 22.2 Å². The van der Waals surface area contributed by atoms with Crippen molar-refractivity contribution in [3.63, 3.8) is 0 Å². The number of amides is 1. The summed E-state index contributed by atoms with van der Waals surface area (Å²) in [5.41, 5.74) is 0.858. The minimum absolute atomic E-state index is 0.0409. The predicted molar refractivity (Wildman–Crippen MR) is 72.2 cm³/mol. The van der Waals surface area contributed by atoms with Crippen molar-refractivity contribution in [1.29, 1.82) is 0 Å². The average Bonchev–Trinajstić information content (AvgIpc) is 2.84. The molecule has 19 heavy (non-hydrogen) atoms. The molecule has 0 aliphatic heterocycles. The van der Waals surface area contributed by atoms with Crippen LogP contribution in [0, 0.1) is 10.1 Å². The van der Waals surface area contributed by atoms with Gasteiger partial charge in [-0.25, -0.2) is 0 Å². The molecule has 1 amide bonds. The maximum absolute atomic E-state index is 11.3. The molecule has 0 aliphatic carbocycles. The van der Waals surface area contributed by atoms with Crippen LogP contribution in [-0.2, 0) is 16.1 Å². The lowest BCUT2D eigenvalue weighted by Crippen LogP contribution is -2.29. The van der Waals surface area contributed by atoms with Gasteiger partial charge in [0.15, 0.2) is 0 Å². The first-order valence-electron chi connectivity index (χ1n) is 5.81. The fraction of sp³-hybridized carbons (Fsp3) is 0.545. The van der Waals surface area contributed by atoms with Crippen LogP contribution in [0.25, 0.3) is 0 Å². The van der Waals surface area contributed by atoms with E-state index in [1.165, 1.54) is 6.07 Å². The summed E-state index contributed by atoms with van der Waals surface area (Å²) in [6.45, 7) is 2.06. The Morgan fingerprint density at radius 3 is 2.95 bits per heavy atom. The Kier molecular flexibility index (Phi) is 7.01. The molecule has 0 radical (unpaired) electrons. The van der Waals surface area contributed by atoms with E-state index in [4.69, 9.17) is 4.74 Å². The lowest BCUT2D eigenvalue weighted by atomic mass is 10.3. The number of nitrogens with zero attached hydrogens (tertiary/aromatic N) is 1. The van der Waals surface area contributed by atoms with Crippen LogP contribution in [0.5, 0.6) is 0 Å². The van der Waals surface area contributed by atoms with Crippen molar-refractivity contribution in [3.05, 3.63) is 27.1 Å². The molecule has 2 N–H and O–H groups in total. The average molecular weight is 287 g/mol. The summed E-state index contributed by atoms with van der Waals surface area (Å²) in [5.74, 6) is -0.0409. The monoisotopic (exact) mass is 287 g/mol. The van der Waals surface area contributed by atoms with Gasteiger partial charge in [-0.3, -0.25) is 14.9 Å². The first-order chi connectivity index (χ1) is 9.13. The number of hydrogen-bond donors (Lipinski definition) is 2. The molecule has 0 bridgehead atoms. The third-order valence-electron chi connectivity index (χ3n) is 2.31. The van der Waals surface area contributed by atoms with Crippen LogP contribution in [0.3, 0.4) is 0 Å². The molecule has 106 valence electrons. The van der Waals surface area contributed by atoms with Gasteiger partial charge in [0.25, 0.3) is 0 Å². The number of nitrogens with one attached hydrogen (secondary N) is 2. The van der Waals surface area contributed by atoms with E-state index in [1.807, 2.05) is 0 Å². The second-order valence-corrected chi connectivity index (χ2v) is 4.71. The van der Waals surface area contributed by atoms with Gasteiger partial charge in [0.05, 0.1) is 11.5 Å². The van der Waals surface area contributed by atoms with Crippen LogP contribution in [0.15, 0.2) is 11.4 Å². The second kappa shape index (κ2) is 8.57. The van der Waals surface area contributed by atoms with Gasteiger partial charge in [-0.1, -0.05) is 11.3 Å². The maximum atomic E-state index is 11.3. The van der Waals surface area contributed by atoms with Crippen molar-refractivity contribution < 1.29 is 14.5 Å². The SMILES string of the molecule is COCCNC(=O)CCNCc1csc([N+](=O)[O-])c1. The third kappa shape index (κ3) is 6.27. The Morgan fingerprint density at radius 1 is 1.53 bits per heavy atom. The lowest BCUT2D eigenvalue weighted by Gasteiger charge is -2.05. The number of thiophene rings is 1. The quantitative estimate of drug-likeness (QED) is 0.400. The van der Waals surface area contributed by atoms with Crippen molar-refractivity contribution in [2.75, 3.05) is 26.8 Å². The van der Waals surface area contributed by atoms with Crippen molar-refractivity contribution in [3.8, 4) is 0 Å². The van der Waals surface area contributed by atoms with Gasteiger partial charge in [-0.05, 0) is 5.56 Å². The van der Waals surface area contributed by atoms with Crippen LogP contribution in [0.1, 0.15) is 12.0 Å². The summed E-state index contributed by atoms with van der Waals surface area (Å²) < 4.78 is 4.81. The van der Waals surface area contributed by atoms with Crippen LogP contribution in [0.4, 0.5) is 5.00 Å². The smallest absolute Gasteiger partial charge is 0.324 e. The van der Waals surface area contributed by atoms with Crippen molar-refractivity contribution in [2.24, 2.45) is 0 Å². The molecule has 1 aromatic rings. The van der Waals surface area contributed by atoms with Crippen LogP contribution in [0.2, 0.25) is 0 Å². The van der Waals surface area contributed by atoms with E-state index >= 15 is 0 Å². The Balaban J connectivity index is 2.13. The van der Waals surface area contributed by atoms with Gasteiger partial charge in [0, 0.05) is 44.6 Å². The van der Waals surface area contributed by atoms with E-state index in [0.717, 1.165) is 16.9 Å². The van der Waals surface area contributed by atoms with E-state index in [2.05, 4.69) is 10.6 Å². The van der Waals surface area contributed by atoms with Gasteiger partial charge in [0.2, 0.25) is 5.91 Å². The molecule has 0 saturated carbocycles. The third-order valence-corrected chi connectivity index (χ3v) is 3.24. The van der Waals surface area contributed by atoms with E-state index in [9.17, 15) is 14.9 Å². The predicted octanol–water partition coefficient (Wildman–Crippen LogP) is 0.899. The van der Waals surface area contributed by atoms with Crippen LogP contribution in [-0.4, -0.2) is 37.6 Å². The Bertz CT molecular complexity index is 422. The minimum atomic E-state index is -0.405. The van der Waals surface area contributed by atoms with Gasteiger partial charge < -0.3 is 15.4 Å². The first kappa shape index (κ1) is 15.5. The molecule has 7 nitrogen and oxygen atoms in total. The highest BCUT2D eigenvalue weighted by atomic mass is 32.1. The molecular formula is C11H17N3O4S. The van der Waals surface area contributed by atoms with Crippen molar-refractivity contribution in [2.45, 2.75) is 13.0 Å². The summed E-state index contributed by atoms with van der Waals surface area (Å²) in [6.07, 6.45) is 0.371. The fourth-order valence-electron chi connectivity index (χ4n) is 1.37. The molecule has 0 aliphatic rings.